The van der Waals surface area contributed by atoms with E-state index in [4.69, 9.17) is 15.2 Å². The van der Waals surface area contributed by atoms with Crippen molar-refractivity contribution in [2.24, 2.45) is 5.92 Å². The number of hydrogen-bond acceptors (Lipinski definition) is 10. The minimum absolute atomic E-state index is 0.103. The van der Waals surface area contributed by atoms with Crippen molar-refractivity contribution in [1.82, 2.24) is 29.7 Å². The number of likely N-dealkylation sites (N-methyl/N-ethyl adjacent to an activating group) is 1. The van der Waals surface area contributed by atoms with Crippen molar-refractivity contribution < 1.29 is 29.3 Å². The highest BCUT2D eigenvalue weighted by atomic mass is 16.6. The molecule has 41 heavy (non-hydrogen) atoms. The summed E-state index contributed by atoms with van der Waals surface area (Å²) in [5.74, 6) is 6.64. The summed E-state index contributed by atoms with van der Waals surface area (Å²) in [6, 6.07) is 7.36. The van der Waals surface area contributed by atoms with E-state index in [9.17, 15) is 19.8 Å². The number of likely N-dealkylation sites (tertiary alicyclic amines) is 1. The number of nitrogens with zero attached hydrogens (tertiary/aromatic N) is 5. The molecule has 1 unspecified atom stereocenters. The Morgan fingerprint density at radius 3 is 2.61 bits per heavy atom. The zero-order valence-electron chi connectivity index (χ0n) is 22.9. The van der Waals surface area contributed by atoms with Gasteiger partial charge in [0.2, 0.25) is 5.82 Å². The van der Waals surface area contributed by atoms with E-state index in [2.05, 4.69) is 32.1 Å². The molecular weight excluding hydrogens is 530 g/mol. The molecule has 2 aliphatic rings. The molecule has 3 aromatic rings. The second-order valence-electron chi connectivity index (χ2n) is 10.2. The predicted octanol–water partition coefficient (Wildman–Crippen LogP) is 1.12. The van der Waals surface area contributed by atoms with Crippen LogP contribution in [0.25, 0.3) is 11.2 Å². The first-order chi connectivity index (χ1) is 19.7. The Bertz CT molecular complexity index is 1470. The molecule has 216 valence electrons. The first-order valence-electron chi connectivity index (χ1n) is 13.6. The molecule has 0 spiro atoms. The number of amides is 2. The fourth-order valence-corrected chi connectivity index (χ4v) is 4.93. The average Bonchev–Trinajstić information content (AvgIpc) is 3.51. The molecule has 2 aromatic heterocycles. The van der Waals surface area contributed by atoms with Crippen LogP contribution in [0.3, 0.4) is 0 Å². The molecular formula is C28H33N7O6. The second-order valence-corrected chi connectivity index (χ2v) is 10.2. The van der Waals surface area contributed by atoms with E-state index < -0.39 is 30.4 Å². The molecule has 0 saturated carbocycles. The van der Waals surface area contributed by atoms with Gasteiger partial charge in [-0.05, 0) is 50.7 Å². The van der Waals surface area contributed by atoms with Gasteiger partial charge in [0.25, 0.3) is 5.91 Å². The third-order valence-electron chi connectivity index (χ3n) is 7.26. The Balaban J connectivity index is 1.21. The maximum absolute atomic E-state index is 12.5. The van der Waals surface area contributed by atoms with E-state index in [1.54, 1.807) is 24.0 Å². The van der Waals surface area contributed by atoms with Gasteiger partial charge in [-0.1, -0.05) is 23.6 Å². The molecule has 0 radical (unpaired) electrons. The van der Waals surface area contributed by atoms with E-state index in [0.29, 0.717) is 37.7 Å². The number of ether oxygens (including phenoxy) is 2. The fraction of sp³-hybridized carbons (Fsp3) is 0.464. The van der Waals surface area contributed by atoms with Crippen LogP contribution in [0.5, 0.6) is 5.75 Å². The van der Waals surface area contributed by atoms with Gasteiger partial charge >= 0.3 is 6.09 Å². The van der Waals surface area contributed by atoms with E-state index in [-0.39, 0.29) is 28.9 Å². The number of nitrogens with two attached hydrogens (primary N) is 1. The normalized spacial score (nSPS) is 22.8. The van der Waals surface area contributed by atoms with Crippen molar-refractivity contribution >= 4 is 29.0 Å². The lowest BCUT2D eigenvalue weighted by Crippen LogP contribution is -2.42. The Labute approximate surface area is 236 Å². The third kappa shape index (κ3) is 6.09. The first kappa shape index (κ1) is 28.3. The lowest BCUT2D eigenvalue weighted by molar-refractivity contribution is -0.137. The number of nitrogen functional groups attached to an aromatic ring is 1. The standard InChI is InChI=1S/C28H33N7O6/c1-3-30-26(38)23-21(36)22(37)27(41-23)35-15-31-20-24(29)32-19(33-25(20)35)6-4-5-17-11-13-34(14-12-17)28(39)40-18-9-7-16(2)8-10-18/h7-10,15,17,21-23,27,36-37H,3,5,11-14H2,1-2H3,(H,30,38)(H2,29,32,33)/t21?,22-,23-,27+/m0/s1. The highest BCUT2D eigenvalue weighted by molar-refractivity contribution is 5.83. The summed E-state index contributed by atoms with van der Waals surface area (Å²) in [5.41, 5.74) is 7.75. The van der Waals surface area contributed by atoms with Crippen LogP contribution in [-0.4, -0.2) is 84.6 Å². The van der Waals surface area contributed by atoms with Gasteiger partial charge in [-0.2, -0.15) is 0 Å². The predicted molar refractivity (Wildman–Crippen MR) is 147 cm³/mol. The summed E-state index contributed by atoms with van der Waals surface area (Å²) >= 11 is 0. The van der Waals surface area contributed by atoms with Gasteiger partial charge in [-0.3, -0.25) is 9.36 Å². The Morgan fingerprint density at radius 1 is 1.17 bits per heavy atom. The largest absolute Gasteiger partial charge is 0.415 e. The number of benzene rings is 1. The van der Waals surface area contributed by atoms with Crippen LogP contribution in [0.2, 0.25) is 0 Å². The summed E-state index contributed by atoms with van der Waals surface area (Å²) in [6.45, 7) is 5.23. The number of piperidine rings is 1. The van der Waals surface area contributed by atoms with E-state index in [1.807, 2.05) is 19.1 Å². The van der Waals surface area contributed by atoms with E-state index in [0.717, 1.165) is 18.4 Å². The number of nitrogens with one attached hydrogen (secondary N) is 1. The van der Waals surface area contributed by atoms with E-state index in [1.165, 1.54) is 10.9 Å². The van der Waals surface area contributed by atoms with Gasteiger partial charge in [0.1, 0.15) is 23.5 Å². The number of carbonyl (C=O) groups is 2. The summed E-state index contributed by atoms with van der Waals surface area (Å²) in [5, 5.41) is 23.6. The number of rotatable bonds is 5. The van der Waals surface area contributed by atoms with Crippen molar-refractivity contribution in [2.45, 2.75) is 57.6 Å². The van der Waals surface area contributed by atoms with Crippen LogP contribution in [0.4, 0.5) is 10.6 Å². The first-order valence-corrected chi connectivity index (χ1v) is 13.6. The summed E-state index contributed by atoms with van der Waals surface area (Å²) < 4.78 is 12.6. The zero-order valence-corrected chi connectivity index (χ0v) is 22.9. The molecule has 0 aliphatic carbocycles. The molecule has 5 N–H and O–H groups in total. The van der Waals surface area contributed by atoms with Crippen LogP contribution >= 0.6 is 0 Å². The fourth-order valence-electron chi connectivity index (χ4n) is 4.93. The average molecular weight is 564 g/mol. The molecule has 2 fully saturated rings. The van der Waals surface area contributed by atoms with Crippen molar-refractivity contribution in [2.75, 3.05) is 25.4 Å². The Kier molecular flexibility index (Phi) is 8.34. The van der Waals surface area contributed by atoms with Crippen LogP contribution < -0.4 is 15.8 Å². The van der Waals surface area contributed by atoms with Gasteiger partial charge in [0, 0.05) is 26.1 Å². The minimum atomic E-state index is -1.43. The number of aliphatic hydroxyl groups is 2. The molecule has 13 heteroatoms. The number of aryl methyl sites for hydroxylation is 1. The molecule has 2 saturated heterocycles. The Morgan fingerprint density at radius 2 is 1.90 bits per heavy atom. The van der Waals surface area contributed by atoms with Crippen molar-refractivity contribution in [1.29, 1.82) is 0 Å². The van der Waals surface area contributed by atoms with Crippen molar-refractivity contribution in [3.8, 4) is 17.6 Å². The molecule has 5 rings (SSSR count). The second kappa shape index (κ2) is 12.1. The SMILES string of the molecule is CCNC(=O)[C@H]1O[C@@H](n2cnc3c(N)nc(C#CCC4CCN(C(=O)Oc5ccc(C)cc5)CC4)nc32)[C@@H](O)C1O. The molecule has 1 aromatic carbocycles. The molecule has 4 atom stereocenters. The van der Waals surface area contributed by atoms with Crippen LogP contribution in [0.15, 0.2) is 30.6 Å². The topological polar surface area (TPSA) is 178 Å². The number of aromatic nitrogens is 4. The lowest BCUT2D eigenvalue weighted by Gasteiger charge is -2.30. The quantitative estimate of drug-likeness (QED) is 0.329. The minimum Gasteiger partial charge on any atom is -0.410 e. The van der Waals surface area contributed by atoms with Gasteiger partial charge in [0.15, 0.2) is 23.8 Å². The van der Waals surface area contributed by atoms with Crippen LogP contribution in [0.1, 0.15) is 43.8 Å². The monoisotopic (exact) mass is 563 g/mol. The smallest absolute Gasteiger partial charge is 0.410 e. The summed E-state index contributed by atoms with van der Waals surface area (Å²) in [6.07, 6.45) is -2.01. The molecule has 0 bridgehead atoms. The van der Waals surface area contributed by atoms with Crippen molar-refractivity contribution in [3.63, 3.8) is 0 Å². The highest BCUT2D eigenvalue weighted by Gasteiger charge is 2.47. The number of hydrogen-bond donors (Lipinski definition) is 4. The number of imidazole rings is 1. The van der Waals surface area contributed by atoms with Gasteiger partial charge in [-0.15, -0.1) is 0 Å². The van der Waals surface area contributed by atoms with Crippen LogP contribution in [0, 0.1) is 24.7 Å². The third-order valence-corrected chi connectivity index (χ3v) is 7.26. The molecule has 13 nitrogen and oxygen atoms in total. The molecule has 2 amide bonds. The number of anilines is 1. The summed E-state index contributed by atoms with van der Waals surface area (Å²) in [7, 11) is 0. The van der Waals surface area contributed by atoms with Gasteiger partial charge in [0.05, 0.1) is 6.33 Å². The zero-order chi connectivity index (χ0) is 29.1. The van der Waals surface area contributed by atoms with Gasteiger partial charge in [-0.25, -0.2) is 19.7 Å². The lowest BCUT2D eigenvalue weighted by atomic mass is 9.94. The number of aliphatic hydroxyl groups excluding tert-OH is 2. The number of fused-ring (bicyclic) bond motifs is 1. The molecule has 2 aliphatic heterocycles. The van der Waals surface area contributed by atoms with E-state index >= 15 is 0 Å². The van der Waals surface area contributed by atoms with Crippen molar-refractivity contribution in [3.05, 3.63) is 42.0 Å². The maximum atomic E-state index is 12.5. The van der Waals surface area contributed by atoms with Crippen LogP contribution in [-0.2, 0) is 9.53 Å². The Hall–Kier alpha value is -4.25. The number of carbonyl (C=O) groups excluding carboxylic acids is 2. The molecule has 4 heterocycles. The highest BCUT2D eigenvalue weighted by Crippen LogP contribution is 2.32. The maximum Gasteiger partial charge on any atom is 0.415 e. The van der Waals surface area contributed by atoms with Gasteiger partial charge < -0.3 is 35.6 Å². The summed E-state index contributed by atoms with van der Waals surface area (Å²) in [4.78, 5) is 39.4.